The van der Waals surface area contributed by atoms with Crippen molar-refractivity contribution < 1.29 is 0 Å². The highest BCUT2D eigenvalue weighted by Crippen LogP contribution is 2.47. The first-order chi connectivity index (χ1) is 8.97. The van der Waals surface area contributed by atoms with E-state index in [0.29, 0.717) is 6.04 Å². The van der Waals surface area contributed by atoms with Gasteiger partial charge in [-0.15, -0.1) is 11.6 Å². The maximum Gasteiger partial charge on any atom is 0.0481 e. The van der Waals surface area contributed by atoms with Crippen LogP contribution in [0.15, 0.2) is 24.3 Å². The van der Waals surface area contributed by atoms with Gasteiger partial charge in [0.1, 0.15) is 0 Å². The number of hydrogen-bond acceptors (Lipinski definition) is 1. The lowest BCUT2D eigenvalue weighted by Gasteiger charge is -2.37. The molecule has 19 heavy (non-hydrogen) atoms. The lowest BCUT2D eigenvalue weighted by molar-refractivity contribution is 0.121. The Bertz CT molecular complexity index is 459. The predicted molar refractivity (Wildman–Crippen MR) is 81.9 cm³/mol. The highest BCUT2D eigenvalue weighted by molar-refractivity contribution is 6.21. The Morgan fingerprint density at radius 3 is 2.32 bits per heavy atom. The summed E-state index contributed by atoms with van der Waals surface area (Å²) in [7, 11) is 0. The molecule has 0 N–H and O–H groups in total. The van der Waals surface area contributed by atoms with Crippen LogP contribution in [0.1, 0.15) is 63.1 Å². The molecule has 0 radical (unpaired) electrons. The number of benzene rings is 1. The van der Waals surface area contributed by atoms with Gasteiger partial charge in [-0.3, -0.25) is 4.90 Å². The first kappa shape index (κ1) is 13.5. The van der Waals surface area contributed by atoms with Crippen LogP contribution in [0.25, 0.3) is 0 Å². The number of likely N-dealkylation sites (tertiary alicyclic amines) is 1. The van der Waals surface area contributed by atoms with E-state index in [4.69, 9.17) is 11.6 Å². The number of halogens is 1. The van der Waals surface area contributed by atoms with Crippen molar-refractivity contribution in [3.63, 3.8) is 0 Å². The lowest BCUT2D eigenvalue weighted by atomic mass is 9.93. The minimum Gasteiger partial charge on any atom is -0.290 e. The largest absolute Gasteiger partial charge is 0.290 e. The van der Waals surface area contributed by atoms with E-state index in [2.05, 4.69) is 49.9 Å². The maximum absolute atomic E-state index is 6.46. The molecule has 0 aromatic heterocycles. The van der Waals surface area contributed by atoms with Crippen LogP contribution in [0.2, 0.25) is 0 Å². The van der Waals surface area contributed by atoms with Crippen molar-refractivity contribution in [2.75, 3.05) is 6.54 Å². The predicted octanol–water partition coefficient (Wildman–Crippen LogP) is 4.72. The van der Waals surface area contributed by atoms with E-state index in [1.54, 1.807) is 5.56 Å². The topological polar surface area (TPSA) is 3.24 Å². The fourth-order valence-electron chi connectivity index (χ4n) is 3.40. The third kappa shape index (κ3) is 2.68. The van der Waals surface area contributed by atoms with Crippen LogP contribution in [0.4, 0.5) is 0 Å². The number of nitrogens with zero attached hydrogens (tertiary/aromatic N) is 1. The van der Waals surface area contributed by atoms with E-state index in [9.17, 15) is 0 Å². The summed E-state index contributed by atoms with van der Waals surface area (Å²) in [6, 6.07) is 9.52. The fourth-order valence-corrected chi connectivity index (χ4v) is 3.72. The molecule has 2 aliphatic rings. The van der Waals surface area contributed by atoms with Gasteiger partial charge in [-0.2, -0.15) is 0 Å². The van der Waals surface area contributed by atoms with Crippen molar-refractivity contribution in [2.24, 2.45) is 0 Å². The second-order valence-electron chi connectivity index (χ2n) is 7.08. The van der Waals surface area contributed by atoms with Gasteiger partial charge in [-0.1, -0.05) is 24.3 Å². The average Bonchev–Trinajstić information content (AvgIpc) is 3.11. The zero-order valence-electron chi connectivity index (χ0n) is 12.2. The van der Waals surface area contributed by atoms with E-state index in [-0.39, 0.29) is 10.9 Å². The summed E-state index contributed by atoms with van der Waals surface area (Å²) in [5.41, 5.74) is 3.29. The van der Waals surface area contributed by atoms with E-state index in [1.807, 2.05) is 0 Å². The molecule has 1 aliphatic carbocycles. The third-order valence-corrected chi connectivity index (χ3v) is 4.80. The SMILES string of the molecule is CC(C)(C)N1CC(Cl)CC1c1ccccc1C1CC1. The molecule has 1 aromatic carbocycles. The first-order valence-corrected chi connectivity index (χ1v) is 7.90. The summed E-state index contributed by atoms with van der Waals surface area (Å²) in [6.07, 6.45) is 3.82. The van der Waals surface area contributed by atoms with Gasteiger partial charge in [0.25, 0.3) is 0 Å². The highest BCUT2D eigenvalue weighted by atomic mass is 35.5. The molecule has 3 rings (SSSR count). The van der Waals surface area contributed by atoms with Crippen LogP contribution in [0, 0.1) is 0 Å². The van der Waals surface area contributed by atoms with Crippen molar-refractivity contribution in [3.8, 4) is 0 Å². The molecule has 104 valence electrons. The molecule has 2 heteroatoms. The van der Waals surface area contributed by atoms with E-state index in [1.165, 1.54) is 18.4 Å². The molecule has 1 saturated carbocycles. The Hall–Kier alpha value is -0.530. The number of rotatable bonds is 2. The van der Waals surface area contributed by atoms with Gasteiger partial charge in [0.2, 0.25) is 0 Å². The molecule has 2 atom stereocenters. The molecule has 1 aromatic rings. The summed E-state index contributed by atoms with van der Waals surface area (Å²) < 4.78 is 0. The normalized spacial score (nSPS) is 28.8. The maximum atomic E-state index is 6.46. The molecule has 1 saturated heterocycles. The summed E-state index contributed by atoms with van der Waals surface area (Å²) >= 11 is 6.46. The van der Waals surface area contributed by atoms with Gasteiger partial charge >= 0.3 is 0 Å². The second-order valence-corrected chi connectivity index (χ2v) is 7.69. The average molecular weight is 278 g/mol. The minimum atomic E-state index is 0.185. The quantitative estimate of drug-likeness (QED) is 0.707. The number of hydrogen-bond donors (Lipinski definition) is 0. The Morgan fingerprint density at radius 2 is 1.74 bits per heavy atom. The van der Waals surface area contributed by atoms with Gasteiger partial charge in [-0.05, 0) is 57.1 Å². The summed E-state index contributed by atoms with van der Waals surface area (Å²) in [4.78, 5) is 2.59. The van der Waals surface area contributed by atoms with Crippen LogP contribution in [0.5, 0.6) is 0 Å². The van der Waals surface area contributed by atoms with Gasteiger partial charge in [-0.25, -0.2) is 0 Å². The Labute approximate surface area is 121 Å². The smallest absolute Gasteiger partial charge is 0.0481 e. The third-order valence-electron chi connectivity index (χ3n) is 4.48. The molecule has 2 fully saturated rings. The van der Waals surface area contributed by atoms with Crippen molar-refractivity contribution in [1.82, 2.24) is 4.90 Å². The van der Waals surface area contributed by atoms with Gasteiger partial charge < -0.3 is 0 Å². The summed E-state index contributed by atoms with van der Waals surface area (Å²) in [5, 5.41) is 0.288. The van der Waals surface area contributed by atoms with Crippen molar-refractivity contribution in [3.05, 3.63) is 35.4 Å². The van der Waals surface area contributed by atoms with E-state index < -0.39 is 0 Å². The molecule has 0 amide bonds. The second kappa shape index (κ2) is 4.79. The Morgan fingerprint density at radius 1 is 1.11 bits per heavy atom. The summed E-state index contributed by atoms with van der Waals surface area (Å²) in [6.45, 7) is 7.91. The molecular weight excluding hydrogens is 254 g/mol. The zero-order valence-corrected chi connectivity index (χ0v) is 13.0. The summed E-state index contributed by atoms with van der Waals surface area (Å²) in [5.74, 6) is 0.812. The lowest BCUT2D eigenvalue weighted by Crippen LogP contribution is -2.41. The van der Waals surface area contributed by atoms with Gasteiger partial charge in [0.05, 0.1) is 0 Å². The zero-order chi connectivity index (χ0) is 13.6. The molecule has 0 spiro atoms. The fraction of sp³-hybridized carbons (Fsp3) is 0.647. The van der Waals surface area contributed by atoms with Gasteiger partial charge in [0, 0.05) is 23.5 Å². The molecular formula is C17H24ClN. The monoisotopic (exact) mass is 277 g/mol. The Balaban J connectivity index is 1.96. The molecule has 1 heterocycles. The van der Waals surface area contributed by atoms with Crippen LogP contribution in [-0.4, -0.2) is 22.4 Å². The van der Waals surface area contributed by atoms with Crippen molar-refractivity contribution in [1.29, 1.82) is 0 Å². The van der Waals surface area contributed by atoms with E-state index >= 15 is 0 Å². The highest BCUT2D eigenvalue weighted by Gasteiger charge is 2.40. The van der Waals surface area contributed by atoms with E-state index in [0.717, 1.165) is 18.9 Å². The molecule has 1 aliphatic heterocycles. The molecule has 1 nitrogen and oxygen atoms in total. The number of alkyl halides is 1. The van der Waals surface area contributed by atoms with Crippen LogP contribution >= 0.6 is 11.6 Å². The minimum absolute atomic E-state index is 0.185. The molecule has 0 bridgehead atoms. The Kier molecular flexibility index (Phi) is 3.39. The van der Waals surface area contributed by atoms with Crippen LogP contribution < -0.4 is 0 Å². The standard InChI is InChI=1S/C17H24ClN/c1-17(2,3)19-11-13(18)10-16(19)15-7-5-4-6-14(15)12-8-9-12/h4-7,12-13,16H,8-11H2,1-3H3. The van der Waals surface area contributed by atoms with Crippen molar-refractivity contribution >= 4 is 11.6 Å². The first-order valence-electron chi connectivity index (χ1n) is 7.46. The van der Waals surface area contributed by atoms with Crippen molar-refractivity contribution in [2.45, 2.75) is 62.9 Å². The molecule has 2 unspecified atom stereocenters. The van der Waals surface area contributed by atoms with Gasteiger partial charge in [0.15, 0.2) is 0 Å². The van der Waals surface area contributed by atoms with Crippen LogP contribution in [-0.2, 0) is 0 Å². The van der Waals surface area contributed by atoms with Crippen LogP contribution in [0.3, 0.4) is 0 Å².